The largest absolute Gasteiger partial charge is 0.361 e. The summed E-state index contributed by atoms with van der Waals surface area (Å²) >= 11 is 0. The molecule has 0 spiro atoms. The summed E-state index contributed by atoms with van der Waals surface area (Å²) in [5.74, 6) is 1.18. The molecule has 4 heterocycles. The number of aryl methyl sites for hydroxylation is 3. The van der Waals surface area contributed by atoms with Gasteiger partial charge in [-0.15, -0.1) is 0 Å². The molecule has 0 aromatic carbocycles. The third kappa shape index (κ3) is 3.18. The maximum Gasteiger partial charge on any atom is 0.273 e. The van der Waals surface area contributed by atoms with Gasteiger partial charge in [-0.3, -0.25) is 9.78 Å². The van der Waals surface area contributed by atoms with Gasteiger partial charge in [0.2, 0.25) is 0 Å². The Morgan fingerprint density at radius 1 is 1.22 bits per heavy atom. The highest BCUT2D eigenvalue weighted by Crippen LogP contribution is 2.33. The van der Waals surface area contributed by atoms with Gasteiger partial charge >= 0.3 is 0 Å². The summed E-state index contributed by atoms with van der Waals surface area (Å²) in [7, 11) is 0. The van der Waals surface area contributed by atoms with E-state index in [1.165, 1.54) is 0 Å². The SMILES string of the molecule is Cc1nccc(C(=O)N2CCCC2c2cncc(-c3c(C)noc3C)n2)n1. The van der Waals surface area contributed by atoms with Gasteiger partial charge in [-0.05, 0) is 39.7 Å². The highest BCUT2D eigenvalue weighted by molar-refractivity contribution is 5.92. The van der Waals surface area contributed by atoms with E-state index in [9.17, 15) is 4.79 Å². The van der Waals surface area contributed by atoms with Crippen LogP contribution in [0.3, 0.4) is 0 Å². The van der Waals surface area contributed by atoms with Crippen molar-refractivity contribution in [3.63, 3.8) is 0 Å². The van der Waals surface area contributed by atoms with Crippen molar-refractivity contribution in [3.05, 3.63) is 53.3 Å². The first kappa shape index (κ1) is 17.3. The Morgan fingerprint density at radius 2 is 2.07 bits per heavy atom. The molecule has 0 saturated carbocycles. The van der Waals surface area contributed by atoms with Crippen molar-refractivity contribution >= 4 is 5.91 Å². The predicted molar refractivity (Wildman–Crippen MR) is 96.8 cm³/mol. The standard InChI is InChI=1S/C19H20N6O2/c1-11-18(12(2)27-24-11)16-10-20-9-15(23-16)17-5-4-8-25(17)19(26)14-6-7-21-13(3)22-14/h6-7,9-10,17H,4-5,8H2,1-3H3. The van der Waals surface area contributed by atoms with Gasteiger partial charge in [0.05, 0.1) is 41.1 Å². The normalized spacial score (nSPS) is 16.7. The summed E-state index contributed by atoms with van der Waals surface area (Å²) in [6, 6.07) is 1.53. The predicted octanol–water partition coefficient (Wildman–Crippen LogP) is 2.82. The van der Waals surface area contributed by atoms with Crippen LogP contribution in [-0.4, -0.2) is 42.4 Å². The molecule has 0 radical (unpaired) electrons. The quantitative estimate of drug-likeness (QED) is 0.705. The molecule has 3 aromatic heterocycles. The average Bonchev–Trinajstić information content (AvgIpc) is 3.28. The molecular weight excluding hydrogens is 344 g/mol. The molecule has 1 saturated heterocycles. The van der Waals surface area contributed by atoms with Crippen LogP contribution in [0, 0.1) is 20.8 Å². The number of hydrogen-bond donors (Lipinski definition) is 0. The Kier molecular flexibility index (Phi) is 4.39. The molecule has 0 bridgehead atoms. The Balaban J connectivity index is 1.67. The van der Waals surface area contributed by atoms with Gasteiger partial charge in [0.1, 0.15) is 17.3 Å². The van der Waals surface area contributed by atoms with Crippen LogP contribution in [0.15, 0.2) is 29.2 Å². The van der Waals surface area contributed by atoms with E-state index in [-0.39, 0.29) is 11.9 Å². The van der Waals surface area contributed by atoms with E-state index in [1.807, 2.05) is 18.7 Å². The second kappa shape index (κ2) is 6.86. The van der Waals surface area contributed by atoms with E-state index in [0.29, 0.717) is 29.5 Å². The van der Waals surface area contributed by atoms with Gasteiger partial charge in [0.25, 0.3) is 5.91 Å². The lowest BCUT2D eigenvalue weighted by Gasteiger charge is -2.24. The summed E-state index contributed by atoms with van der Waals surface area (Å²) < 4.78 is 5.25. The summed E-state index contributed by atoms with van der Waals surface area (Å²) in [4.78, 5) is 32.2. The Hall–Kier alpha value is -3.16. The first-order chi connectivity index (χ1) is 13.0. The molecule has 3 aromatic rings. The number of aromatic nitrogens is 5. The van der Waals surface area contributed by atoms with Gasteiger partial charge in [-0.1, -0.05) is 5.16 Å². The Morgan fingerprint density at radius 3 is 2.81 bits per heavy atom. The third-order valence-corrected chi connectivity index (χ3v) is 4.79. The monoisotopic (exact) mass is 364 g/mol. The van der Waals surface area contributed by atoms with Crippen LogP contribution in [-0.2, 0) is 0 Å². The first-order valence-corrected chi connectivity index (χ1v) is 8.90. The highest BCUT2D eigenvalue weighted by atomic mass is 16.5. The zero-order valence-electron chi connectivity index (χ0n) is 15.5. The van der Waals surface area contributed by atoms with Crippen molar-refractivity contribution in [3.8, 4) is 11.3 Å². The maximum atomic E-state index is 13.0. The minimum Gasteiger partial charge on any atom is -0.361 e. The molecule has 8 heteroatoms. The maximum absolute atomic E-state index is 13.0. The van der Waals surface area contributed by atoms with E-state index in [0.717, 1.165) is 29.8 Å². The van der Waals surface area contributed by atoms with Crippen LogP contribution >= 0.6 is 0 Å². The number of hydrogen-bond acceptors (Lipinski definition) is 7. The van der Waals surface area contributed by atoms with Crippen LogP contribution in [0.2, 0.25) is 0 Å². The molecule has 1 aliphatic heterocycles. The van der Waals surface area contributed by atoms with Crippen molar-refractivity contribution in [1.29, 1.82) is 0 Å². The van der Waals surface area contributed by atoms with Crippen molar-refractivity contribution < 1.29 is 9.32 Å². The fourth-order valence-corrected chi connectivity index (χ4v) is 3.55. The lowest BCUT2D eigenvalue weighted by molar-refractivity contribution is 0.0726. The molecular formula is C19H20N6O2. The average molecular weight is 364 g/mol. The molecule has 1 aliphatic rings. The lowest BCUT2D eigenvalue weighted by atomic mass is 10.1. The van der Waals surface area contributed by atoms with E-state index in [1.54, 1.807) is 31.6 Å². The summed E-state index contributed by atoms with van der Waals surface area (Å²) in [6.07, 6.45) is 6.79. The minimum atomic E-state index is -0.124. The van der Waals surface area contributed by atoms with Crippen LogP contribution in [0.5, 0.6) is 0 Å². The molecule has 27 heavy (non-hydrogen) atoms. The van der Waals surface area contributed by atoms with Gasteiger partial charge in [0.15, 0.2) is 0 Å². The van der Waals surface area contributed by atoms with Crippen LogP contribution in [0.4, 0.5) is 0 Å². The van der Waals surface area contributed by atoms with Crippen molar-refractivity contribution in [2.45, 2.75) is 39.7 Å². The summed E-state index contributed by atoms with van der Waals surface area (Å²) in [5.41, 5.74) is 3.51. The highest BCUT2D eigenvalue weighted by Gasteiger charge is 2.33. The molecule has 1 atom stereocenters. The molecule has 8 nitrogen and oxygen atoms in total. The zero-order valence-corrected chi connectivity index (χ0v) is 15.5. The van der Waals surface area contributed by atoms with E-state index in [2.05, 4.69) is 20.1 Å². The van der Waals surface area contributed by atoms with E-state index >= 15 is 0 Å². The van der Waals surface area contributed by atoms with Gasteiger partial charge in [-0.2, -0.15) is 0 Å². The molecule has 0 N–H and O–H groups in total. The number of likely N-dealkylation sites (tertiary alicyclic amines) is 1. The van der Waals surface area contributed by atoms with Gasteiger partial charge < -0.3 is 9.42 Å². The molecule has 138 valence electrons. The van der Waals surface area contributed by atoms with E-state index < -0.39 is 0 Å². The number of carbonyl (C=O) groups excluding carboxylic acids is 1. The van der Waals surface area contributed by atoms with Crippen molar-refractivity contribution in [1.82, 2.24) is 30.0 Å². The van der Waals surface area contributed by atoms with Crippen molar-refractivity contribution in [2.24, 2.45) is 0 Å². The summed E-state index contributed by atoms with van der Waals surface area (Å²) in [5, 5.41) is 3.99. The fraction of sp³-hybridized carbons (Fsp3) is 0.368. The minimum absolute atomic E-state index is 0.104. The molecule has 1 fully saturated rings. The number of rotatable bonds is 3. The second-order valence-corrected chi connectivity index (χ2v) is 6.67. The molecule has 4 rings (SSSR count). The Bertz CT molecular complexity index is 980. The van der Waals surface area contributed by atoms with Crippen LogP contribution in [0.1, 0.15) is 52.3 Å². The smallest absolute Gasteiger partial charge is 0.273 e. The molecule has 1 unspecified atom stereocenters. The topological polar surface area (TPSA) is 97.9 Å². The Labute approximate surface area is 156 Å². The summed E-state index contributed by atoms with van der Waals surface area (Å²) in [6.45, 7) is 6.18. The third-order valence-electron chi connectivity index (χ3n) is 4.79. The fourth-order valence-electron chi connectivity index (χ4n) is 3.55. The number of amides is 1. The zero-order chi connectivity index (χ0) is 19.0. The molecule has 1 amide bonds. The van der Waals surface area contributed by atoms with Gasteiger partial charge in [0, 0.05) is 12.7 Å². The van der Waals surface area contributed by atoms with E-state index in [4.69, 9.17) is 9.51 Å². The number of carbonyl (C=O) groups is 1. The second-order valence-electron chi connectivity index (χ2n) is 6.67. The number of nitrogens with zero attached hydrogens (tertiary/aromatic N) is 6. The van der Waals surface area contributed by atoms with Crippen LogP contribution in [0.25, 0.3) is 11.3 Å². The van der Waals surface area contributed by atoms with Crippen LogP contribution < -0.4 is 0 Å². The first-order valence-electron chi connectivity index (χ1n) is 8.90. The lowest BCUT2D eigenvalue weighted by Crippen LogP contribution is -2.32. The van der Waals surface area contributed by atoms with Crippen molar-refractivity contribution in [2.75, 3.05) is 6.54 Å². The van der Waals surface area contributed by atoms with Gasteiger partial charge in [-0.25, -0.2) is 15.0 Å². The molecule has 0 aliphatic carbocycles.